The van der Waals surface area contributed by atoms with Gasteiger partial charge in [-0.3, -0.25) is 0 Å². The summed E-state index contributed by atoms with van der Waals surface area (Å²) in [6.07, 6.45) is 0. The summed E-state index contributed by atoms with van der Waals surface area (Å²) in [5, 5.41) is 8.92. The zero-order chi connectivity index (χ0) is 37.9. The molecule has 58 heavy (non-hydrogen) atoms. The Balaban J connectivity index is 0.993. The van der Waals surface area contributed by atoms with E-state index in [0.29, 0.717) is 17.5 Å². The van der Waals surface area contributed by atoms with Crippen molar-refractivity contribution in [1.29, 1.82) is 0 Å². The van der Waals surface area contributed by atoms with Gasteiger partial charge in [-0.05, 0) is 60.2 Å². The van der Waals surface area contributed by atoms with Crippen molar-refractivity contribution in [2.24, 2.45) is 0 Å². The minimum atomic E-state index is 0.561. The summed E-state index contributed by atoms with van der Waals surface area (Å²) in [5.74, 6) is 1.71. The molecule has 8 aromatic carbocycles. The zero-order valence-electron chi connectivity index (χ0n) is 30.6. The van der Waals surface area contributed by atoms with E-state index in [0.717, 1.165) is 92.8 Å². The highest BCUT2D eigenvalue weighted by Crippen LogP contribution is 2.45. The van der Waals surface area contributed by atoms with Gasteiger partial charge in [-0.15, -0.1) is 11.3 Å². The molecule has 0 N–H and O–H groups in total. The molecule has 0 bridgehead atoms. The third-order valence-electron chi connectivity index (χ3n) is 11.4. The van der Waals surface area contributed by atoms with E-state index in [-0.39, 0.29) is 0 Å². The van der Waals surface area contributed by atoms with Crippen LogP contribution in [0.15, 0.2) is 177 Å². The molecular formula is C51H27N3O3S. The lowest BCUT2D eigenvalue weighted by Crippen LogP contribution is -2.00. The Kier molecular flexibility index (Phi) is 6.50. The molecule has 5 heterocycles. The third kappa shape index (κ3) is 4.68. The fourth-order valence-electron chi connectivity index (χ4n) is 8.64. The van der Waals surface area contributed by atoms with E-state index in [1.807, 2.05) is 60.7 Å². The molecule has 6 nitrogen and oxygen atoms in total. The average Bonchev–Trinajstić information content (AvgIpc) is 4.05. The first-order chi connectivity index (χ1) is 28.7. The Morgan fingerprint density at radius 3 is 1.41 bits per heavy atom. The minimum absolute atomic E-state index is 0.561. The zero-order valence-corrected chi connectivity index (χ0v) is 31.4. The van der Waals surface area contributed by atoms with E-state index in [1.165, 1.54) is 21.0 Å². The lowest BCUT2D eigenvalue weighted by atomic mass is 9.98. The molecule has 0 aliphatic heterocycles. The maximum Gasteiger partial charge on any atom is 0.164 e. The van der Waals surface area contributed by atoms with E-state index in [9.17, 15) is 0 Å². The highest BCUT2D eigenvalue weighted by molar-refractivity contribution is 7.26. The van der Waals surface area contributed by atoms with Crippen LogP contribution in [0.25, 0.3) is 131 Å². The lowest BCUT2D eigenvalue weighted by molar-refractivity contribution is 0.668. The van der Waals surface area contributed by atoms with E-state index in [4.69, 9.17) is 28.2 Å². The molecule has 13 aromatic rings. The van der Waals surface area contributed by atoms with Crippen molar-refractivity contribution in [1.82, 2.24) is 15.0 Å². The first kappa shape index (κ1) is 31.6. The summed E-state index contributed by atoms with van der Waals surface area (Å²) < 4.78 is 21.2. The first-order valence-electron chi connectivity index (χ1n) is 19.2. The monoisotopic (exact) mass is 761 g/mol. The van der Waals surface area contributed by atoms with Crippen molar-refractivity contribution in [3.05, 3.63) is 164 Å². The molecule has 5 aromatic heterocycles. The molecule has 0 saturated carbocycles. The second-order valence-electron chi connectivity index (χ2n) is 14.7. The number of fused-ring (bicyclic) bond motifs is 12. The number of aromatic nitrogens is 3. The normalized spacial score (nSPS) is 12.1. The highest BCUT2D eigenvalue weighted by atomic mass is 32.1. The minimum Gasteiger partial charge on any atom is -0.456 e. The quantitative estimate of drug-likeness (QED) is 0.178. The number of para-hydroxylation sites is 3. The van der Waals surface area contributed by atoms with Crippen molar-refractivity contribution >= 4 is 97.3 Å². The molecule has 0 radical (unpaired) electrons. The van der Waals surface area contributed by atoms with Crippen LogP contribution >= 0.6 is 11.3 Å². The van der Waals surface area contributed by atoms with Crippen LogP contribution < -0.4 is 0 Å². The van der Waals surface area contributed by atoms with Crippen LogP contribution in [0.4, 0.5) is 0 Å². The largest absolute Gasteiger partial charge is 0.456 e. The van der Waals surface area contributed by atoms with Crippen LogP contribution in [0, 0.1) is 0 Å². The lowest BCUT2D eigenvalue weighted by Gasteiger charge is -2.09. The van der Waals surface area contributed by atoms with Gasteiger partial charge >= 0.3 is 0 Å². The molecule has 0 spiro atoms. The number of hydrogen-bond donors (Lipinski definition) is 0. The van der Waals surface area contributed by atoms with E-state index >= 15 is 0 Å². The number of hydrogen-bond acceptors (Lipinski definition) is 7. The summed E-state index contributed by atoms with van der Waals surface area (Å²) in [7, 11) is 0. The van der Waals surface area contributed by atoms with Gasteiger partial charge in [-0.25, -0.2) is 15.0 Å². The summed E-state index contributed by atoms with van der Waals surface area (Å²) in [6.45, 7) is 0. The third-order valence-corrected chi connectivity index (χ3v) is 12.6. The highest BCUT2D eigenvalue weighted by Gasteiger charge is 2.19. The molecule has 13 rings (SSSR count). The van der Waals surface area contributed by atoms with Crippen LogP contribution in [-0.2, 0) is 0 Å². The maximum absolute atomic E-state index is 6.29. The van der Waals surface area contributed by atoms with Gasteiger partial charge < -0.3 is 13.3 Å². The van der Waals surface area contributed by atoms with Crippen molar-refractivity contribution in [3.8, 4) is 45.3 Å². The Bertz CT molecular complexity index is 3700. The molecule has 0 atom stereocenters. The average molecular weight is 762 g/mol. The first-order valence-corrected chi connectivity index (χ1v) is 20.0. The smallest absolute Gasteiger partial charge is 0.164 e. The molecule has 0 aliphatic rings. The second-order valence-corrected chi connectivity index (χ2v) is 15.7. The van der Waals surface area contributed by atoms with E-state index < -0.39 is 0 Å². The molecule has 7 heteroatoms. The summed E-state index contributed by atoms with van der Waals surface area (Å²) in [4.78, 5) is 15.4. The van der Waals surface area contributed by atoms with Gasteiger partial charge in [0.15, 0.2) is 17.5 Å². The SMILES string of the molecule is c1ccc2c(c1)oc1cc(-c3nc(-c4ccc5c(c4)oc4ccccc45)nc(-c4ccc5c(c4)sc4c(-c6cccc7oc8ccccc8c67)cccc45)n3)ccc12. The van der Waals surface area contributed by atoms with Crippen molar-refractivity contribution in [2.45, 2.75) is 0 Å². The fourth-order valence-corrected chi connectivity index (χ4v) is 9.91. The molecule has 0 fully saturated rings. The van der Waals surface area contributed by atoms with E-state index in [2.05, 4.69) is 103 Å². The fraction of sp³-hybridized carbons (Fsp3) is 0. The predicted octanol–water partition coefficient (Wildman–Crippen LogP) is 14.6. The van der Waals surface area contributed by atoms with Crippen LogP contribution in [0.1, 0.15) is 0 Å². The Hall–Kier alpha value is -7.61. The van der Waals surface area contributed by atoms with Gasteiger partial charge in [-0.2, -0.15) is 0 Å². The van der Waals surface area contributed by atoms with Crippen LogP contribution in [0.5, 0.6) is 0 Å². The van der Waals surface area contributed by atoms with Crippen molar-refractivity contribution < 1.29 is 13.3 Å². The van der Waals surface area contributed by atoms with Crippen LogP contribution in [0.3, 0.4) is 0 Å². The Morgan fingerprint density at radius 2 is 0.776 bits per heavy atom. The number of nitrogens with zero attached hydrogens (tertiary/aromatic N) is 3. The standard InChI is InChI=1S/C51H27N3O3S/c1-4-15-40-31(9-1)33-22-19-28(25-44(33)56-40)49-52-50(29-20-23-34-32-10-2-5-16-41(32)57-45(34)26-29)54-51(53-49)30-21-24-35-37-13-7-14-38(48(37)58-46(35)27-30)36-12-8-18-43-47(36)39-11-3-6-17-42(39)55-43/h1-27H. The molecule has 0 saturated heterocycles. The predicted molar refractivity (Wildman–Crippen MR) is 236 cm³/mol. The summed E-state index contributed by atoms with van der Waals surface area (Å²) in [6, 6.07) is 56.3. The summed E-state index contributed by atoms with van der Waals surface area (Å²) >= 11 is 1.79. The van der Waals surface area contributed by atoms with E-state index in [1.54, 1.807) is 11.3 Å². The van der Waals surface area contributed by atoms with Gasteiger partial charge in [0.05, 0.1) is 0 Å². The van der Waals surface area contributed by atoms with Crippen molar-refractivity contribution in [3.63, 3.8) is 0 Å². The van der Waals surface area contributed by atoms with Gasteiger partial charge in [0, 0.05) is 74.7 Å². The number of thiophene rings is 1. The molecule has 0 unspecified atom stereocenters. The Labute approximate surface area is 333 Å². The van der Waals surface area contributed by atoms with Gasteiger partial charge in [-0.1, -0.05) is 109 Å². The molecule has 0 amide bonds. The van der Waals surface area contributed by atoms with Crippen LogP contribution in [-0.4, -0.2) is 15.0 Å². The number of rotatable bonds is 4. The van der Waals surface area contributed by atoms with Gasteiger partial charge in [0.25, 0.3) is 0 Å². The van der Waals surface area contributed by atoms with Crippen LogP contribution in [0.2, 0.25) is 0 Å². The molecule has 0 aliphatic carbocycles. The number of benzene rings is 8. The van der Waals surface area contributed by atoms with Gasteiger partial charge in [0.1, 0.15) is 33.5 Å². The molecule has 270 valence electrons. The van der Waals surface area contributed by atoms with Crippen molar-refractivity contribution in [2.75, 3.05) is 0 Å². The van der Waals surface area contributed by atoms with Gasteiger partial charge in [0.2, 0.25) is 0 Å². The maximum atomic E-state index is 6.29. The summed E-state index contributed by atoms with van der Waals surface area (Å²) in [5.41, 5.74) is 9.98. The number of furan rings is 3. The molecular weight excluding hydrogens is 735 g/mol. The Morgan fingerprint density at radius 1 is 0.328 bits per heavy atom. The topological polar surface area (TPSA) is 78.1 Å². The second kappa shape index (κ2) is 11.9.